The molecule has 0 spiro atoms. The van der Waals surface area contributed by atoms with Gasteiger partial charge in [-0.3, -0.25) is 4.79 Å². The molecule has 140 valence electrons. The van der Waals surface area contributed by atoms with E-state index in [1.54, 1.807) is 6.07 Å². The number of amides is 1. The van der Waals surface area contributed by atoms with Crippen molar-refractivity contribution in [3.05, 3.63) is 76.8 Å². The van der Waals surface area contributed by atoms with Gasteiger partial charge in [-0.1, -0.05) is 35.0 Å². The van der Waals surface area contributed by atoms with Crippen LogP contribution in [0.5, 0.6) is 0 Å². The number of thiazole rings is 1. The van der Waals surface area contributed by atoms with Gasteiger partial charge in [-0.05, 0) is 43.7 Å². The maximum atomic E-state index is 12.4. The number of hydrogen-bond donors (Lipinski definition) is 2. The summed E-state index contributed by atoms with van der Waals surface area (Å²) in [4.78, 5) is 16.9. The van der Waals surface area contributed by atoms with Gasteiger partial charge in [0.05, 0.1) is 0 Å². The molecule has 2 heterocycles. The highest BCUT2D eigenvalue weighted by Crippen LogP contribution is 2.28. The molecule has 0 fully saturated rings. The smallest absolute Gasteiger partial charge is 0.277 e. The van der Waals surface area contributed by atoms with E-state index < -0.39 is 0 Å². The number of benzene rings is 2. The average molecular weight is 390 g/mol. The van der Waals surface area contributed by atoms with Gasteiger partial charge < -0.3 is 15.2 Å². The molecular formula is C21H18N4O2S. The van der Waals surface area contributed by atoms with Crippen molar-refractivity contribution >= 4 is 33.8 Å². The Morgan fingerprint density at radius 2 is 1.82 bits per heavy atom. The molecule has 0 bridgehead atoms. The second-order valence-electron chi connectivity index (χ2n) is 6.43. The van der Waals surface area contributed by atoms with E-state index in [1.165, 1.54) is 16.9 Å². The Balaban J connectivity index is 1.46. The second kappa shape index (κ2) is 7.66. The molecule has 0 atom stereocenters. The van der Waals surface area contributed by atoms with Crippen LogP contribution in [-0.2, 0) is 0 Å². The molecule has 0 unspecified atom stereocenters. The minimum absolute atomic E-state index is 0.206. The molecule has 4 rings (SSSR count). The van der Waals surface area contributed by atoms with Crippen LogP contribution in [0.4, 0.5) is 16.5 Å². The zero-order valence-electron chi connectivity index (χ0n) is 15.4. The largest absolute Gasteiger partial charge is 0.354 e. The molecule has 2 aromatic carbocycles. The van der Waals surface area contributed by atoms with Crippen molar-refractivity contribution in [2.75, 3.05) is 10.6 Å². The molecule has 0 radical (unpaired) electrons. The number of hydrogen-bond acceptors (Lipinski definition) is 6. The first-order valence-electron chi connectivity index (χ1n) is 8.71. The van der Waals surface area contributed by atoms with Gasteiger partial charge in [0, 0.05) is 22.8 Å². The predicted molar refractivity (Wildman–Crippen MR) is 111 cm³/mol. The van der Waals surface area contributed by atoms with Crippen LogP contribution >= 0.6 is 11.3 Å². The molecule has 2 aromatic heterocycles. The van der Waals surface area contributed by atoms with Gasteiger partial charge in [-0.2, -0.15) is 0 Å². The third-order valence-electron chi connectivity index (χ3n) is 4.08. The first-order chi connectivity index (χ1) is 13.6. The molecule has 6 nitrogen and oxygen atoms in total. The van der Waals surface area contributed by atoms with Crippen LogP contribution in [0.25, 0.3) is 11.5 Å². The third-order valence-corrected chi connectivity index (χ3v) is 4.84. The maximum Gasteiger partial charge on any atom is 0.277 e. The number of aromatic nitrogens is 2. The quantitative estimate of drug-likeness (QED) is 0.476. The number of aryl methyl sites for hydroxylation is 2. The highest BCUT2D eigenvalue weighted by atomic mass is 32.1. The topological polar surface area (TPSA) is 80.0 Å². The van der Waals surface area contributed by atoms with Crippen LogP contribution in [-0.4, -0.2) is 16.0 Å². The molecular weight excluding hydrogens is 372 g/mol. The van der Waals surface area contributed by atoms with Crippen molar-refractivity contribution in [2.45, 2.75) is 13.8 Å². The molecule has 28 heavy (non-hydrogen) atoms. The summed E-state index contributed by atoms with van der Waals surface area (Å²) < 4.78 is 5.32. The summed E-state index contributed by atoms with van der Waals surface area (Å²) in [5.41, 5.74) is 4.77. The molecule has 0 saturated carbocycles. The Bertz CT molecular complexity index is 1120. The second-order valence-corrected chi connectivity index (χ2v) is 7.29. The minimum Gasteiger partial charge on any atom is -0.354 e. The number of anilines is 3. The first kappa shape index (κ1) is 17.9. The number of carbonyl (C=O) groups is 1. The van der Waals surface area contributed by atoms with E-state index >= 15 is 0 Å². The van der Waals surface area contributed by atoms with Crippen LogP contribution < -0.4 is 10.6 Å². The Labute approximate surface area is 166 Å². The SMILES string of the molecule is Cc1ccc(Nc2nc(-c3cc(C(=O)Nc4cccc(C)c4)no3)cs2)cc1. The average Bonchev–Trinajstić information content (AvgIpc) is 3.33. The normalized spacial score (nSPS) is 10.6. The third kappa shape index (κ3) is 4.10. The van der Waals surface area contributed by atoms with Crippen LogP contribution in [0, 0.1) is 13.8 Å². The Kier molecular flexibility index (Phi) is 4.90. The van der Waals surface area contributed by atoms with Gasteiger partial charge in [0.15, 0.2) is 16.6 Å². The van der Waals surface area contributed by atoms with E-state index in [1.807, 2.05) is 67.8 Å². The van der Waals surface area contributed by atoms with Gasteiger partial charge in [0.1, 0.15) is 5.69 Å². The Morgan fingerprint density at radius 1 is 1.00 bits per heavy atom. The highest BCUT2D eigenvalue weighted by molar-refractivity contribution is 7.14. The van der Waals surface area contributed by atoms with E-state index in [4.69, 9.17) is 4.52 Å². The van der Waals surface area contributed by atoms with E-state index in [9.17, 15) is 4.79 Å². The van der Waals surface area contributed by atoms with E-state index in [-0.39, 0.29) is 11.6 Å². The Morgan fingerprint density at radius 3 is 2.61 bits per heavy atom. The maximum absolute atomic E-state index is 12.4. The van der Waals surface area contributed by atoms with Crippen LogP contribution in [0.15, 0.2) is 64.5 Å². The fourth-order valence-corrected chi connectivity index (χ4v) is 3.35. The van der Waals surface area contributed by atoms with Gasteiger partial charge in [0.25, 0.3) is 5.91 Å². The fraction of sp³-hybridized carbons (Fsp3) is 0.0952. The zero-order valence-corrected chi connectivity index (χ0v) is 16.2. The van der Waals surface area contributed by atoms with Crippen LogP contribution in [0.1, 0.15) is 21.6 Å². The summed E-state index contributed by atoms with van der Waals surface area (Å²) in [5, 5.41) is 12.5. The zero-order chi connectivity index (χ0) is 19.5. The lowest BCUT2D eigenvalue weighted by Gasteiger charge is -2.03. The van der Waals surface area contributed by atoms with E-state index in [2.05, 4.69) is 20.8 Å². The molecule has 2 N–H and O–H groups in total. The van der Waals surface area contributed by atoms with Crippen molar-refractivity contribution < 1.29 is 9.32 Å². The van der Waals surface area contributed by atoms with Crippen molar-refractivity contribution in [3.8, 4) is 11.5 Å². The van der Waals surface area contributed by atoms with Gasteiger partial charge >= 0.3 is 0 Å². The summed E-state index contributed by atoms with van der Waals surface area (Å²) in [6.07, 6.45) is 0. The standard InChI is InChI=1S/C21H18N4O2S/c1-13-6-8-15(9-7-13)23-21-24-18(12-28-21)19-11-17(25-27-19)20(26)22-16-5-3-4-14(2)10-16/h3-12H,1-2H3,(H,22,26)(H,23,24). The molecule has 0 aliphatic heterocycles. The first-order valence-corrected chi connectivity index (χ1v) is 9.59. The number of nitrogens with zero attached hydrogens (tertiary/aromatic N) is 2. The van der Waals surface area contributed by atoms with E-state index in [0.29, 0.717) is 17.1 Å². The number of nitrogens with one attached hydrogen (secondary N) is 2. The molecule has 1 amide bonds. The number of carbonyl (C=O) groups excluding carboxylic acids is 1. The fourth-order valence-electron chi connectivity index (χ4n) is 2.63. The van der Waals surface area contributed by atoms with Gasteiger partial charge in [0.2, 0.25) is 0 Å². The minimum atomic E-state index is -0.325. The lowest BCUT2D eigenvalue weighted by atomic mass is 10.2. The van der Waals surface area contributed by atoms with Gasteiger partial charge in [-0.15, -0.1) is 11.3 Å². The lowest BCUT2D eigenvalue weighted by molar-refractivity contribution is 0.101. The molecule has 0 aliphatic rings. The van der Waals surface area contributed by atoms with Crippen molar-refractivity contribution in [2.24, 2.45) is 0 Å². The van der Waals surface area contributed by atoms with Gasteiger partial charge in [-0.25, -0.2) is 4.98 Å². The van der Waals surface area contributed by atoms with Crippen molar-refractivity contribution in [3.63, 3.8) is 0 Å². The van der Waals surface area contributed by atoms with Crippen LogP contribution in [0.2, 0.25) is 0 Å². The predicted octanol–water partition coefficient (Wildman–Crippen LogP) is 5.41. The Hall–Kier alpha value is -3.45. The van der Waals surface area contributed by atoms with Crippen molar-refractivity contribution in [1.29, 1.82) is 0 Å². The molecule has 4 aromatic rings. The summed E-state index contributed by atoms with van der Waals surface area (Å²) >= 11 is 1.45. The highest BCUT2D eigenvalue weighted by Gasteiger charge is 2.16. The summed E-state index contributed by atoms with van der Waals surface area (Å²) in [6.45, 7) is 4.01. The monoisotopic (exact) mass is 390 g/mol. The summed E-state index contributed by atoms with van der Waals surface area (Å²) in [5.74, 6) is 0.122. The number of rotatable bonds is 5. The lowest BCUT2D eigenvalue weighted by Crippen LogP contribution is -2.12. The summed E-state index contributed by atoms with van der Waals surface area (Å²) in [6, 6.07) is 17.2. The van der Waals surface area contributed by atoms with Crippen molar-refractivity contribution in [1.82, 2.24) is 10.1 Å². The molecule has 0 saturated heterocycles. The van der Waals surface area contributed by atoms with Crippen LogP contribution in [0.3, 0.4) is 0 Å². The molecule has 0 aliphatic carbocycles. The van der Waals surface area contributed by atoms with E-state index in [0.717, 1.165) is 16.4 Å². The summed E-state index contributed by atoms with van der Waals surface area (Å²) in [7, 11) is 0. The molecule has 7 heteroatoms.